The van der Waals surface area contributed by atoms with Crippen molar-refractivity contribution in [3.63, 3.8) is 0 Å². The molecule has 0 aliphatic rings. The van der Waals surface area contributed by atoms with Crippen LogP contribution in [-0.2, 0) is 9.53 Å². The summed E-state index contributed by atoms with van der Waals surface area (Å²) in [5.74, 6) is -0.213. The quantitative estimate of drug-likeness (QED) is 0.395. The fourth-order valence-electron chi connectivity index (χ4n) is 2.03. The largest absolute Gasteiger partial charge is 0.466 e. The topological polar surface area (TPSA) is 46.6 Å². The van der Waals surface area contributed by atoms with E-state index in [1.807, 2.05) is 24.3 Å². The molecule has 0 atom stereocenters. The first kappa shape index (κ1) is 16.2. The zero-order valence-corrected chi connectivity index (χ0v) is 12.3. The van der Waals surface area contributed by atoms with Crippen molar-refractivity contribution in [1.82, 2.24) is 0 Å². The van der Waals surface area contributed by atoms with Gasteiger partial charge in [0.05, 0.1) is 6.61 Å². The van der Waals surface area contributed by atoms with Gasteiger partial charge in [0.25, 0.3) is 0 Å². The molecule has 0 aromatic heterocycles. The van der Waals surface area contributed by atoms with Gasteiger partial charge in [-0.1, -0.05) is 0 Å². The predicted octanol–water partition coefficient (Wildman–Crippen LogP) is 3.06. The number of hydrogen-bond acceptors (Lipinski definition) is 4. The predicted molar refractivity (Wildman–Crippen MR) is 80.2 cm³/mol. The average Bonchev–Trinajstić information content (AvgIpc) is 2.46. The summed E-state index contributed by atoms with van der Waals surface area (Å²) in [6.45, 7) is 5.96. The molecule has 1 rings (SSSR count). The van der Waals surface area contributed by atoms with Gasteiger partial charge in [-0.3, -0.25) is 9.59 Å². The second-order valence-electron chi connectivity index (χ2n) is 4.69. The van der Waals surface area contributed by atoms with Crippen molar-refractivity contribution in [1.29, 1.82) is 0 Å². The van der Waals surface area contributed by atoms with Gasteiger partial charge in [0.2, 0.25) is 0 Å². The molecule has 0 radical (unpaired) electrons. The number of benzene rings is 1. The number of anilines is 1. The summed E-state index contributed by atoms with van der Waals surface area (Å²) in [5, 5.41) is 0. The van der Waals surface area contributed by atoms with Gasteiger partial charge >= 0.3 is 5.97 Å². The van der Waals surface area contributed by atoms with Crippen molar-refractivity contribution in [2.24, 2.45) is 0 Å². The molecule has 0 N–H and O–H groups in total. The number of nitrogens with zero attached hydrogens (tertiary/aromatic N) is 1. The second kappa shape index (κ2) is 9.13. The van der Waals surface area contributed by atoms with Crippen LogP contribution in [0.25, 0.3) is 0 Å². The Morgan fingerprint density at radius 2 is 1.90 bits per heavy atom. The SMILES string of the molecule is CCN(CCCCCOC(C)=O)c1ccc(C=O)cc1. The van der Waals surface area contributed by atoms with Crippen molar-refractivity contribution in [2.45, 2.75) is 33.1 Å². The van der Waals surface area contributed by atoms with Crippen molar-refractivity contribution >= 4 is 17.9 Å². The molecule has 0 fully saturated rings. The molecule has 0 saturated heterocycles. The normalized spacial score (nSPS) is 10.1. The van der Waals surface area contributed by atoms with Crippen LogP contribution < -0.4 is 4.90 Å². The Bertz CT molecular complexity index is 414. The van der Waals surface area contributed by atoms with Crippen LogP contribution in [0, 0.1) is 0 Å². The maximum absolute atomic E-state index is 10.6. The van der Waals surface area contributed by atoms with Crippen LogP contribution in [0.5, 0.6) is 0 Å². The van der Waals surface area contributed by atoms with E-state index >= 15 is 0 Å². The molecule has 1 aromatic rings. The van der Waals surface area contributed by atoms with E-state index in [0.717, 1.165) is 44.3 Å². The van der Waals surface area contributed by atoms with Gasteiger partial charge in [0, 0.05) is 31.3 Å². The highest BCUT2D eigenvalue weighted by Gasteiger charge is 2.04. The van der Waals surface area contributed by atoms with Gasteiger partial charge in [-0.25, -0.2) is 0 Å². The highest BCUT2D eigenvalue weighted by atomic mass is 16.5. The lowest BCUT2D eigenvalue weighted by Crippen LogP contribution is -2.23. The van der Waals surface area contributed by atoms with Gasteiger partial charge in [-0.05, 0) is 50.5 Å². The fraction of sp³-hybridized carbons (Fsp3) is 0.500. The molecule has 0 bridgehead atoms. The Kier molecular flexibility index (Phi) is 7.40. The van der Waals surface area contributed by atoms with Crippen LogP contribution in [0.1, 0.15) is 43.5 Å². The Morgan fingerprint density at radius 3 is 2.45 bits per heavy atom. The number of esters is 1. The Labute approximate surface area is 120 Å². The molecular weight excluding hydrogens is 254 g/mol. The molecule has 0 saturated carbocycles. The lowest BCUT2D eigenvalue weighted by Gasteiger charge is -2.23. The minimum Gasteiger partial charge on any atom is -0.466 e. The molecule has 0 heterocycles. The molecule has 0 unspecified atom stereocenters. The van der Waals surface area contributed by atoms with Gasteiger partial charge < -0.3 is 9.64 Å². The van der Waals surface area contributed by atoms with E-state index in [9.17, 15) is 9.59 Å². The van der Waals surface area contributed by atoms with E-state index in [-0.39, 0.29) is 5.97 Å². The smallest absolute Gasteiger partial charge is 0.302 e. The molecule has 0 amide bonds. The lowest BCUT2D eigenvalue weighted by molar-refractivity contribution is -0.141. The molecule has 110 valence electrons. The molecule has 0 aliphatic carbocycles. The van der Waals surface area contributed by atoms with Crippen molar-refractivity contribution in [3.05, 3.63) is 29.8 Å². The Balaban J connectivity index is 2.31. The molecule has 4 heteroatoms. The fourth-order valence-corrected chi connectivity index (χ4v) is 2.03. The minimum atomic E-state index is -0.213. The molecule has 0 spiro atoms. The van der Waals surface area contributed by atoms with Crippen LogP contribution in [0.3, 0.4) is 0 Å². The molecule has 1 aromatic carbocycles. The first-order chi connectivity index (χ1) is 9.67. The monoisotopic (exact) mass is 277 g/mol. The number of aldehydes is 1. The highest BCUT2D eigenvalue weighted by molar-refractivity contribution is 5.75. The van der Waals surface area contributed by atoms with Crippen LogP contribution in [0.15, 0.2) is 24.3 Å². The number of unbranched alkanes of at least 4 members (excludes halogenated alkanes) is 2. The maximum Gasteiger partial charge on any atom is 0.302 e. The first-order valence-corrected chi connectivity index (χ1v) is 7.11. The molecular formula is C16H23NO3. The highest BCUT2D eigenvalue weighted by Crippen LogP contribution is 2.15. The van der Waals surface area contributed by atoms with Gasteiger partial charge in [-0.15, -0.1) is 0 Å². The van der Waals surface area contributed by atoms with Crippen molar-refractivity contribution in [2.75, 3.05) is 24.6 Å². The zero-order chi connectivity index (χ0) is 14.8. The van der Waals surface area contributed by atoms with E-state index in [4.69, 9.17) is 4.74 Å². The summed E-state index contributed by atoms with van der Waals surface area (Å²) in [6.07, 6.45) is 3.86. The summed E-state index contributed by atoms with van der Waals surface area (Å²) in [5.41, 5.74) is 1.84. The van der Waals surface area contributed by atoms with E-state index < -0.39 is 0 Å². The van der Waals surface area contributed by atoms with Gasteiger partial charge in [-0.2, -0.15) is 0 Å². The van der Waals surface area contributed by atoms with Gasteiger partial charge in [0.15, 0.2) is 0 Å². The number of carbonyl (C=O) groups is 2. The number of carbonyl (C=O) groups excluding carboxylic acids is 2. The third-order valence-electron chi connectivity index (χ3n) is 3.15. The molecule has 20 heavy (non-hydrogen) atoms. The third kappa shape index (κ3) is 5.87. The summed E-state index contributed by atoms with van der Waals surface area (Å²) in [7, 11) is 0. The summed E-state index contributed by atoms with van der Waals surface area (Å²) in [4.78, 5) is 23.5. The number of ether oxygens (including phenoxy) is 1. The van der Waals surface area contributed by atoms with Crippen LogP contribution in [-0.4, -0.2) is 32.0 Å². The van der Waals surface area contributed by atoms with E-state index in [2.05, 4.69) is 11.8 Å². The molecule has 4 nitrogen and oxygen atoms in total. The summed E-state index contributed by atoms with van der Waals surface area (Å²) in [6, 6.07) is 7.63. The van der Waals surface area contributed by atoms with E-state index in [1.165, 1.54) is 6.92 Å². The van der Waals surface area contributed by atoms with Crippen LogP contribution in [0.4, 0.5) is 5.69 Å². The Morgan fingerprint density at radius 1 is 1.20 bits per heavy atom. The van der Waals surface area contributed by atoms with E-state index in [1.54, 1.807) is 0 Å². The number of rotatable bonds is 9. The third-order valence-corrected chi connectivity index (χ3v) is 3.15. The minimum absolute atomic E-state index is 0.213. The lowest BCUT2D eigenvalue weighted by atomic mass is 10.2. The zero-order valence-electron chi connectivity index (χ0n) is 12.3. The van der Waals surface area contributed by atoms with Gasteiger partial charge in [0.1, 0.15) is 6.29 Å². The maximum atomic E-state index is 10.6. The average molecular weight is 277 g/mol. The van der Waals surface area contributed by atoms with Crippen LogP contribution >= 0.6 is 0 Å². The number of hydrogen-bond donors (Lipinski definition) is 0. The Hall–Kier alpha value is -1.84. The summed E-state index contributed by atoms with van der Waals surface area (Å²) >= 11 is 0. The summed E-state index contributed by atoms with van der Waals surface area (Å²) < 4.78 is 4.90. The second-order valence-corrected chi connectivity index (χ2v) is 4.69. The molecule has 0 aliphatic heterocycles. The van der Waals surface area contributed by atoms with E-state index in [0.29, 0.717) is 12.2 Å². The van der Waals surface area contributed by atoms with Crippen molar-refractivity contribution in [3.8, 4) is 0 Å². The first-order valence-electron chi connectivity index (χ1n) is 7.11. The van der Waals surface area contributed by atoms with Crippen LogP contribution in [0.2, 0.25) is 0 Å². The van der Waals surface area contributed by atoms with Crippen molar-refractivity contribution < 1.29 is 14.3 Å². The standard InChI is InChI=1S/C16H23NO3/c1-3-17(11-5-4-6-12-20-14(2)19)16-9-7-15(13-18)8-10-16/h7-10,13H,3-6,11-12H2,1-2H3.